The topological polar surface area (TPSA) is 49.8 Å². The van der Waals surface area contributed by atoms with E-state index in [1.54, 1.807) is 13.2 Å². The molecule has 0 saturated carbocycles. The Morgan fingerprint density at radius 3 is 2.70 bits per heavy atom. The second-order valence-corrected chi connectivity index (χ2v) is 5.07. The molecule has 5 heteroatoms. The van der Waals surface area contributed by atoms with E-state index in [-0.39, 0.29) is 0 Å². The molecular formula is C15H19ClN4. The summed E-state index contributed by atoms with van der Waals surface area (Å²) in [5, 5.41) is 6.70. The minimum Gasteiger partial charge on any atom is -0.369 e. The lowest BCUT2D eigenvalue weighted by Crippen LogP contribution is -2.09. The second kappa shape index (κ2) is 7.10. The molecule has 1 atom stereocenters. The smallest absolute Gasteiger partial charge is 0.224 e. The predicted molar refractivity (Wildman–Crippen MR) is 84.6 cm³/mol. The second-order valence-electron chi connectivity index (χ2n) is 4.67. The van der Waals surface area contributed by atoms with Gasteiger partial charge >= 0.3 is 0 Å². The molecule has 0 radical (unpaired) electrons. The van der Waals surface area contributed by atoms with Crippen molar-refractivity contribution in [2.75, 3.05) is 24.2 Å². The minimum absolute atomic E-state index is 0.494. The Kier molecular flexibility index (Phi) is 5.18. The van der Waals surface area contributed by atoms with Crippen molar-refractivity contribution in [1.82, 2.24) is 9.97 Å². The maximum atomic E-state index is 6.07. The van der Waals surface area contributed by atoms with Gasteiger partial charge in [-0.15, -0.1) is 0 Å². The molecule has 0 fully saturated rings. The molecule has 20 heavy (non-hydrogen) atoms. The van der Waals surface area contributed by atoms with Gasteiger partial charge in [-0.25, -0.2) is 4.98 Å². The van der Waals surface area contributed by atoms with Crippen molar-refractivity contribution >= 4 is 23.4 Å². The number of benzene rings is 1. The molecule has 0 aliphatic rings. The summed E-state index contributed by atoms with van der Waals surface area (Å²) in [7, 11) is 1.78. The zero-order valence-corrected chi connectivity index (χ0v) is 12.5. The van der Waals surface area contributed by atoms with Crippen LogP contribution in [-0.2, 0) is 0 Å². The fourth-order valence-electron chi connectivity index (χ4n) is 1.97. The van der Waals surface area contributed by atoms with Crippen molar-refractivity contribution in [2.45, 2.75) is 19.3 Å². The van der Waals surface area contributed by atoms with E-state index in [4.69, 9.17) is 11.6 Å². The Morgan fingerprint density at radius 2 is 2.00 bits per heavy atom. The Bertz CT molecular complexity index is 545. The van der Waals surface area contributed by atoms with E-state index in [2.05, 4.69) is 51.8 Å². The highest BCUT2D eigenvalue weighted by atomic mass is 35.5. The van der Waals surface area contributed by atoms with Crippen LogP contribution in [0.4, 0.5) is 11.8 Å². The standard InChI is InChI=1S/C15H19ClN4/c1-11(12-6-4-3-5-7-12)8-9-18-14-13(16)10-19-15(17-2)20-14/h3-7,10-11H,8-9H2,1-2H3,(H2,17,18,19,20). The average molecular weight is 291 g/mol. The summed E-state index contributed by atoms with van der Waals surface area (Å²) in [4.78, 5) is 8.35. The van der Waals surface area contributed by atoms with Crippen molar-refractivity contribution in [3.63, 3.8) is 0 Å². The molecule has 1 unspecified atom stereocenters. The quantitative estimate of drug-likeness (QED) is 0.850. The van der Waals surface area contributed by atoms with Gasteiger partial charge in [-0.3, -0.25) is 0 Å². The van der Waals surface area contributed by atoms with Crippen LogP contribution >= 0.6 is 11.6 Å². The summed E-state index contributed by atoms with van der Waals surface area (Å²) < 4.78 is 0. The van der Waals surface area contributed by atoms with Crippen LogP contribution in [0.2, 0.25) is 5.02 Å². The van der Waals surface area contributed by atoms with Gasteiger partial charge in [0, 0.05) is 13.6 Å². The van der Waals surface area contributed by atoms with Crippen molar-refractivity contribution in [3.05, 3.63) is 47.1 Å². The van der Waals surface area contributed by atoms with E-state index in [1.807, 2.05) is 6.07 Å². The largest absolute Gasteiger partial charge is 0.369 e. The van der Waals surface area contributed by atoms with Crippen LogP contribution in [0, 0.1) is 0 Å². The van der Waals surface area contributed by atoms with Crippen molar-refractivity contribution in [1.29, 1.82) is 0 Å². The lowest BCUT2D eigenvalue weighted by Gasteiger charge is -2.13. The molecule has 0 saturated heterocycles. The van der Waals surface area contributed by atoms with Crippen molar-refractivity contribution < 1.29 is 0 Å². The van der Waals surface area contributed by atoms with E-state index < -0.39 is 0 Å². The molecule has 4 nitrogen and oxygen atoms in total. The fraction of sp³-hybridized carbons (Fsp3) is 0.333. The van der Waals surface area contributed by atoms with Gasteiger partial charge in [0.2, 0.25) is 5.95 Å². The molecule has 2 N–H and O–H groups in total. The van der Waals surface area contributed by atoms with Gasteiger partial charge in [0.05, 0.1) is 6.20 Å². The Morgan fingerprint density at radius 1 is 1.25 bits per heavy atom. The maximum Gasteiger partial charge on any atom is 0.224 e. The average Bonchev–Trinajstić information content (AvgIpc) is 2.50. The normalized spacial score (nSPS) is 11.9. The van der Waals surface area contributed by atoms with Gasteiger partial charge in [-0.05, 0) is 17.9 Å². The summed E-state index contributed by atoms with van der Waals surface area (Å²) in [6.07, 6.45) is 2.61. The summed E-state index contributed by atoms with van der Waals surface area (Å²) >= 11 is 6.07. The lowest BCUT2D eigenvalue weighted by molar-refractivity contribution is 0.705. The van der Waals surface area contributed by atoms with Crippen LogP contribution in [0.5, 0.6) is 0 Å². The minimum atomic E-state index is 0.494. The van der Waals surface area contributed by atoms with Crippen molar-refractivity contribution in [2.24, 2.45) is 0 Å². The molecule has 0 bridgehead atoms. The van der Waals surface area contributed by atoms with E-state index in [0.717, 1.165) is 13.0 Å². The Labute approximate surface area is 124 Å². The number of nitrogens with one attached hydrogen (secondary N) is 2. The molecule has 1 heterocycles. The summed E-state index contributed by atoms with van der Waals surface area (Å²) in [6.45, 7) is 3.04. The van der Waals surface area contributed by atoms with Crippen molar-refractivity contribution in [3.8, 4) is 0 Å². The summed E-state index contributed by atoms with van der Waals surface area (Å²) in [6, 6.07) is 10.5. The SMILES string of the molecule is CNc1ncc(Cl)c(NCCC(C)c2ccccc2)n1. The third-order valence-corrected chi connectivity index (χ3v) is 3.48. The third-order valence-electron chi connectivity index (χ3n) is 3.21. The van der Waals surface area contributed by atoms with Crippen LogP contribution in [0.25, 0.3) is 0 Å². The highest BCUT2D eigenvalue weighted by Crippen LogP contribution is 2.21. The molecule has 0 aliphatic heterocycles. The van der Waals surface area contributed by atoms with Gasteiger partial charge in [0.15, 0.2) is 0 Å². The lowest BCUT2D eigenvalue weighted by atomic mass is 9.98. The molecule has 2 rings (SSSR count). The first-order chi connectivity index (χ1) is 9.70. The van der Waals surface area contributed by atoms with Crippen LogP contribution in [0.15, 0.2) is 36.5 Å². The predicted octanol–water partition coefficient (Wildman–Crippen LogP) is 3.78. The van der Waals surface area contributed by atoms with Crippen LogP contribution < -0.4 is 10.6 Å². The number of hydrogen-bond donors (Lipinski definition) is 2. The molecule has 106 valence electrons. The molecule has 0 aliphatic carbocycles. The monoisotopic (exact) mass is 290 g/mol. The molecule has 2 aromatic rings. The molecule has 1 aromatic heterocycles. The van der Waals surface area contributed by atoms with Gasteiger partial charge in [0.25, 0.3) is 0 Å². The first kappa shape index (κ1) is 14.6. The van der Waals surface area contributed by atoms with Crippen LogP contribution in [0.1, 0.15) is 24.8 Å². The van der Waals surface area contributed by atoms with E-state index >= 15 is 0 Å². The fourth-order valence-corrected chi connectivity index (χ4v) is 2.12. The Hall–Kier alpha value is -1.81. The molecule has 0 amide bonds. The third kappa shape index (κ3) is 3.84. The number of rotatable bonds is 6. The van der Waals surface area contributed by atoms with Gasteiger partial charge < -0.3 is 10.6 Å². The first-order valence-electron chi connectivity index (χ1n) is 6.70. The molecule has 1 aromatic carbocycles. The molecular weight excluding hydrogens is 272 g/mol. The summed E-state index contributed by atoms with van der Waals surface area (Å²) in [5.74, 6) is 1.73. The van der Waals surface area contributed by atoms with Gasteiger partial charge in [-0.2, -0.15) is 4.98 Å². The summed E-state index contributed by atoms with van der Waals surface area (Å²) in [5.41, 5.74) is 1.35. The van der Waals surface area contributed by atoms with Crippen LogP contribution in [-0.4, -0.2) is 23.6 Å². The highest BCUT2D eigenvalue weighted by Gasteiger charge is 2.07. The number of hydrogen-bond acceptors (Lipinski definition) is 4. The number of nitrogens with zero attached hydrogens (tertiary/aromatic N) is 2. The van der Waals surface area contributed by atoms with Gasteiger partial charge in [0.1, 0.15) is 10.8 Å². The van der Waals surface area contributed by atoms with E-state index in [0.29, 0.717) is 22.7 Å². The Balaban J connectivity index is 1.90. The van der Waals surface area contributed by atoms with E-state index in [9.17, 15) is 0 Å². The zero-order chi connectivity index (χ0) is 14.4. The number of aromatic nitrogens is 2. The highest BCUT2D eigenvalue weighted by molar-refractivity contribution is 6.32. The van der Waals surface area contributed by atoms with E-state index in [1.165, 1.54) is 5.56 Å². The number of halogens is 1. The van der Waals surface area contributed by atoms with Gasteiger partial charge in [-0.1, -0.05) is 48.9 Å². The maximum absolute atomic E-state index is 6.07. The van der Waals surface area contributed by atoms with Crippen LogP contribution in [0.3, 0.4) is 0 Å². The molecule has 0 spiro atoms. The number of anilines is 2. The zero-order valence-electron chi connectivity index (χ0n) is 11.7. The first-order valence-corrected chi connectivity index (χ1v) is 7.07.